The molecule has 3 fully saturated rings. The van der Waals surface area contributed by atoms with Crippen molar-refractivity contribution in [2.45, 2.75) is 72.1 Å². The molecular weight excluding hydrogens is 256 g/mol. The van der Waals surface area contributed by atoms with E-state index in [9.17, 15) is 4.79 Å². The third-order valence-electron chi connectivity index (χ3n) is 8.03. The smallest absolute Gasteiger partial charge is 0.141 e. The highest BCUT2D eigenvalue weighted by Gasteiger charge is 2.59. The van der Waals surface area contributed by atoms with Crippen LogP contribution in [0.5, 0.6) is 0 Å². The van der Waals surface area contributed by atoms with Crippen LogP contribution in [0, 0.1) is 34.5 Å². The van der Waals surface area contributed by atoms with Crippen LogP contribution in [0.3, 0.4) is 0 Å². The minimum absolute atomic E-state index is 0.0109. The van der Waals surface area contributed by atoms with Crippen molar-refractivity contribution in [2.24, 2.45) is 34.5 Å². The summed E-state index contributed by atoms with van der Waals surface area (Å²) >= 11 is 0. The van der Waals surface area contributed by atoms with E-state index in [0.717, 1.165) is 24.7 Å². The molecule has 4 rings (SSSR count). The lowest BCUT2D eigenvalue weighted by molar-refractivity contribution is -0.133. The summed E-state index contributed by atoms with van der Waals surface area (Å²) in [6.07, 6.45) is 13.0. The van der Waals surface area contributed by atoms with Gasteiger partial charge in [0.05, 0.1) is 0 Å². The fourth-order valence-electron chi connectivity index (χ4n) is 6.81. The molecule has 0 amide bonds. The summed E-state index contributed by atoms with van der Waals surface area (Å²) in [4.78, 5) is 12.7. The van der Waals surface area contributed by atoms with E-state index in [2.05, 4.69) is 26.8 Å². The zero-order valence-electron chi connectivity index (χ0n) is 14.0. The van der Waals surface area contributed by atoms with E-state index in [1.165, 1.54) is 38.5 Å². The summed E-state index contributed by atoms with van der Waals surface area (Å²) in [5.41, 5.74) is 2.25. The summed E-state index contributed by atoms with van der Waals surface area (Å²) < 4.78 is 0. The Kier molecular flexibility index (Phi) is 2.98. The van der Waals surface area contributed by atoms with Crippen LogP contribution >= 0.6 is 0 Å². The molecule has 1 heteroatoms. The van der Waals surface area contributed by atoms with E-state index in [0.29, 0.717) is 23.0 Å². The lowest BCUT2D eigenvalue weighted by Gasteiger charge is -2.56. The molecule has 0 spiro atoms. The lowest BCUT2D eigenvalue weighted by Crippen LogP contribution is -2.49. The van der Waals surface area contributed by atoms with Crippen LogP contribution in [-0.4, -0.2) is 5.78 Å². The molecule has 0 heterocycles. The van der Waals surface area contributed by atoms with Crippen LogP contribution in [-0.2, 0) is 4.79 Å². The van der Waals surface area contributed by atoms with E-state index in [1.54, 1.807) is 5.57 Å². The Morgan fingerprint density at radius 3 is 2.71 bits per heavy atom. The molecule has 1 nitrogen and oxygen atoms in total. The quantitative estimate of drug-likeness (QED) is 0.562. The standard InChI is InChI=1S/C20H30O/c1-13-12-17-15-8-7-14-6-4-5-10-19(14,2)16(15)9-11-20(17,3)18(13)21/h7,13,15-17H,4-6,8-12H2,1-3H3/t13-,15+,16-,17-,19-,20-/m0/s1. The first kappa shape index (κ1) is 14.0. The van der Waals surface area contributed by atoms with Gasteiger partial charge in [-0.1, -0.05) is 38.8 Å². The molecule has 0 saturated heterocycles. The van der Waals surface area contributed by atoms with Gasteiger partial charge < -0.3 is 0 Å². The van der Waals surface area contributed by atoms with Gasteiger partial charge in [0, 0.05) is 11.3 Å². The number of carbonyl (C=O) groups excluding carboxylic acids is 1. The van der Waals surface area contributed by atoms with Crippen molar-refractivity contribution < 1.29 is 4.79 Å². The molecule has 3 saturated carbocycles. The third-order valence-corrected chi connectivity index (χ3v) is 8.03. The molecule has 4 aliphatic rings. The highest BCUT2D eigenvalue weighted by molar-refractivity contribution is 5.89. The number of rotatable bonds is 0. The number of ketones is 1. The molecule has 0 aromatic rings. The van der Waals surface area contributed by atoms with Crippen molar-refractivity contribution in [1.82, 2.24) is 0 Å². The van der Waals surface area contributed by atoms with Gasteiger partial charge in [0.25, 0.3) is 0 Å². The van der Waals surface area contributed by atoms with Gasteiger partial charge in [-0.05, 0) is 68.1 Å². The Morgan fingerprint density at radius 2 is 1.90 bits per heavy atom. The summed E-state index contributed by atoms with van der Waals surface area (Å²) in [5, 5.41) is 0. The van der Waals surface area contributed by atoms with E-state index >= 15 is 0 Å². The number of carbonyl (C=O) groups is 1. The zero-order chi connectivity index (χ0) is 14.8. The van der Waals surface area contributed by atoms with Crippen molar-refractivity contribution in [1.29, 1.82) is 0 Å². The number of hydrogen-bond acceptors (Lipinski definition) is 1. The first-order valence-corrected chi connectivity index (χ1v) is 9.20. The molecule has 0 unspecified atom stereocenters. The maximum Gasteiger partial charge on any atom is 0.141 e. The molecule has 0 N–H and O–H groups in total. The SMILES string of the molecule is C[C@H]1C[C@H]2[C@@H]3CC=C4CCCC[C@]4(C)[C@H]3CC[C@]2(C)C1=O. The molecule has 116 valence electrons. The molecule has 0 radical (unpaired) electrons. The Morgan fingerprint density at radius 1 is 1.10 bits per heavy atom. The van der Waals surface area contributed by atoms with E-state index in [-0.39, 0.29) is 5.41 Å². The number of hydrogen-bond donors (Lipinski definition) is 0. The Labute approximate surface area is 129 Å². The molecule has 0 aliphatic heterocycles. The maximum absolute atomic E-state index is 12.7. The topological polar surface area (TPSA) is 17.1 Å². The highest BCUT2D eigenvalue weighted by atomic mass is 16.1. The van der Waals surface area contributed by atoms with E-state index < -0.39 is 0 Å². The normalized spacial score (nSPS) is 52.7. The average molecular weight is 286 g/mol. The van der Waals surface area contributed by atoms with E-state index in [4.69, 9.17) is 0 Å². The van der Waals surface area contributed by atoms with Crippen molar-refractivity contribution in [3.63, 3.8) is 0 Å². The minimum Gasteiger partial charge on any atom is -0.299 e. The predicted molar refractivity (Wildman–Crippen MR) is 85.9 cm³/mol. The lowest BCUT2D eigenvalue weighted by atomic mass is 9.48. The van der Waals surface area contributed by atoms with Gasteiger partial charge in [0.2, 0.25) is 0 Å². The van der Waals surface area contributed by atoms with Gasteiger partial charge in [-0.3, -0.25) is 4.79 Å². The predicted octanol–water partition coefficient (Wildman–Crippen LogP) is 5.15. The molecule has 6 atom stereocenters. The second kappa shape index (κ2) is 4.46. The van der Waals surface area contributed by atoms with Gasteiger partial charge in [-0.25, -0.2) is 0 Å². The zero-order valence-corrected chi connectivity index (χ0v) is 14.0. The van der Waals surface area contributed by atoms with Crippen LogP contribution in [0.2, 0.25) is 0 Å². The number of fused-ring (bicyclic) bond motifs is 5. The van der Waals surface area contributed by atoms with Crippen molar-refractivity contribution in [3.8, 4) is 0 Å². The summed E-state index contributed by atoms with van der Waals surface area (Å²) in [6.45, 7) is 7.02. The molecule has 0 aromatic carbocycles. The fraction of sp³-hybridized carbons (Fsp3) is 0.850. The Hall–Kier alpha value is -0.590. The largest absolute Gasteiger partial charge is 0.299 e. The Bertz CT molecular complexity index is 504. The third kappa shape index (κ3) is 1.72. The van der Waals surface area contributed by atoms with Crippen LogP contribution in [0.25, 0.3) is 0 Å². The molecule has 0 aromatic heterocycles. The van der Waals surface area contributed by atoms with E-state index in [1.807, 2.05) is 0 Å². The summed E-state index contributed by atoms with van der Waals surface area (Å²) in [5.74, 6) is 3.19. The van der Waals surface area contributed by atoms with Crippen LogP contribution in [0.4, 0.5) is 0 Å². The number of Topliss-reactive ketones (excluding diaryl/α,β-unsaturated/α-hetero) is 1. The first-order valence-electron chi connectivity index (χ1n) is 9.20. The minimum atomic E-state index is 0.0109. The monoisotopic (exact) mass is 286 g/mol. The fourth-order valence-corrected chi connectivity index (χ4v) is 6.81. The van der Waals surface area contributed by atoms with Gasteiger partial charge in [-0.15, -0.1) is 0 Å². The van der Waals surface area contributed by atoms with Gasteiger partial charge in [-0.2, -0.15) is 0 Å². The van der Waals surface area contributed by atoms with Crippen molar-refractivity contribution >= 4 is 5.78 Å². The van der Waals surface area contributed by atoms with Crippen molar-refractivity contribution in [3.05, 3.63) is 11.6 Å². The summed E-state index contributed by atoms with van der Waals surface area (Å²) in [6, 6.07) is 0. The second-order valence-corrected chi connectivity index (χ2v) is 8.92. The van der Waals surface area contributed by atoms with Gasteiger partial charge >= 0.3 is 0 Å². The Balaban J connectivity index is 1.71. The van der Waals surface area contributed by atoms with Gasteiger partial charge in [0.15, 0.2) is 0 Å². The van der Waals surface area contributed by atoms with Crippen LogP contribution in [0.15, 0.2) is 11.6 Å². The van der Waals surface area contributed by atoms with Crippen LogP contribution < -0.4 is 0 Å². The second-order valence-electron chi connectivity index (χ2n) is 8.92. The molecule has 0 bridgehead atoms. The molecular formula is C20H30O. The summed E-state index contributed by atoms with van der Waals surface area (Å²) in [7, 11) is 0. The molecule has 4 aliphatic carbocycles. The maximum atomic E-state index is 12.7. The molecule has 21 heavy (non-hydrogen) atoms. The highest BCUT2D eigenvalue weighted by Crippen LogP contribution is 2.64. The van der Waals surface area contributed by atoms with Crippen LogP contribution in [0.1, 0.15) is 72.1 Å². The van der Waals surface area contributed by atoms with Crippen molar-refractivity contribution in [2.75, 3.05) is 0 Å². The number of allylic oxidation sites excluding steroid dienone is 2. The first-order chi connectivity index (χ1) is 9.97. The average Bonchev–Trinajstić information content (AvgIpc) is 2.70. The van der Waals surface area contributed by atoms with Gasteiger partial charge in [0.1, 0.15) is 5.78 Å².